The van der Waals surface area contributed by atoms with Crippen molar-refractivity contribution in [3.05, 3.63) is 0 Å². The van der Waals surface area contributed by atoms with Crippen LogP contribution in [0.3, 0.4) is 0 Å². The van der Waals surface area contributed by atoms with Crippen LogP contribution in [0.15, 0.2) is 0 Å². The molecule has 116 valence electrons. The number of hydrogen-bond donors (Lipinski definition) is 0. The fourth-order valence-electron chi connectivity index (χ4n) is 1.68. The van der Waals surface area contributed by atoms with Crippen LogP contribution < -0.4 is 0 Å². The predicted molar refractivity (Wildman–Crippen MR) is 75.9 cm³/mol. The molecular weight excluding hydrogens is 266 g/mol. The van der Waals surface area contributed by atoms with Gasteiger partial charge in [0.25, 0.3) is 0 Å². The molecule has 0 amide bonds. The van der Waals surface area contributed by atoms with Crippen LogP contribution in [0.2, 0.25) is 6.04 Å². The van der Waals surface area contributed by atoms with Crippen LogP contribution in [0.4, 0.5) is 0 Å². The molecule has 0 fully saturated rings. The van der Waals surface area contributed by atoms with Gasteiger partial charge in [0.1, 0.15) is 13.5 Å². The van der Waals surface area contributed by atoms with Crippen LogP contribution in [0.5, 0.6) is 0 Å². The van der Waals surface area contributed by atoms with Gasteiger partial charge in [-0.25, -0.2) is 0 Å². The van der Waals surface area contributed by atoms with Crippen LogP contribution in [0.1, 0.15) is 20.3 Å². The van der Waals surface area contributed by atoms with Gasteiger partial charge in [-0.05, 0) is 20.3 Å². The Morgan fingerprint density at radius 3 is 1.68 bits per heavy atom. The molecular formula is C12H29NO5Si. The first-order chi connectivity index (χ1) is 9.17. The van der Waals surface area contributed by atoms with Gasteiger partial charge in [0.05, 0.1) is 0 Å². The molecule has 0 spiro atoms. The van der Waals surface area contributed by atoms with Gasteiger partial charge in [0.15, 0.2) is 0 Å². The third kappa shape index (κ3) is 7.98. The van der Waals surface area contributed by atoms with Crippen molar-refractivity contribution in [3.8, 4) is 0 Å². The first-order valence-corrected chi connectivity index (χ1v) is 8.64. The minimum Gasteiger partial charge on any atom is -0.377 e. The molecule has 0 aromatic carbocycles. The fourth-order valence-corrected chi connectivity index (χ4v) is 3.39. The summed E-state index contributed by atoms with van der Waals surface area (Å²) in [7, 11) is 2.45. The van der Waals surface area contributed by atoms with Gasteiger partial charge in [-0.3, -0.25) is 4.90 Å². The van der Waals surface area contributed by atoms with Crippen LogP contribution in [-0.2, 0) is 22.8 Å². The summed E-state index contributed by atoms with van der Waals surface area (Å²) in [6, 6.07) is 0.783. The van der Waals surface area contributed by atoms with E-state index < -0.39 is 8.80 Å². The maximum atomic E-state index is 5.42. The van der Waals surface area contributed by atoms with Gasteiger partial charge in [-0.15, -0.1) is 0 Å². The second-order valence-electron chi connectivity index (χ2n) is 4.04. The summed E-state index contributed by atoms with van der Waals surface area (Å²) >= 11 is 0. The summed E-state index contributed by atoms with van der Waals surface area (Å²) in [6.07, 6.45) is 0.919. The van der Waals surface area contributed by atoms with Gasteiger partial charge >= 0.3 is 8.80 Å². The zero-order chi connectivity index (χ0) is 14.6. The summed E-state index contributed by atoms with van der Waals surface area (Å²) in [6.45, 7) is 7.40. The minimum atomic E-state index is -2.46. The lowest BCUT2D eigenvalue weighted by molar-refractivity contribution is -0.0393. The molecule has 6 nitrogen and oxygen atoms in total. The Balaban J connectivity index is 4.07. The molecule has 0 bridgehead atoms. The van der Waals surface area contributed by atoms with E-state index >= 15 is 0 Å². The van der Waals surface area contributed by atoms with Gasteiger partial charge in [-0.1, -0.05) is 0 Å². The number of hydrogen-bond acceptors (Lipinski definition) is 6. The average molecular weight is 295 g/mol. The topological polar surface area (TPSA) is 49.4 Å². The highest BCUT2D eigenvalue weighted by Gasteiger charge is 2.36. The number of ether oxygens (including phenoxy) is 2. The van der Waals surface area contributed by atoms with Crippen molar-refractivity contribution in [3.63, 3.8) is 0 Å². The average Bonchev–Trinajstić information content (AvgIpc) is 2.46. The first-order valence-electron chi connectivity index (χ1n) is 6.71. The van der Waals surface area contributed by atoms with E-state index in [2.05, 4.69) is 4.90 Å². The normalized spacial score (nSPS) is 12.3. The van der Waals surface area contributed by atoms with E-state index in [0.717, 1.165) is 19.0 Å². The molecule has 0 N–H and O–H groups in total. The summed E-state index contributed by atoms with van der Waals surface area (Å²) in [5.41, 5.74) is 0. The molecule has 0 aromatic heterocycles. The molecule has 0 aliphatic carbocycles. The summed E-state index contributed by atoms with van der Waals surface area (Å²) in [4.78, 5) is 2.12. The van der Waals surface area contributed by atoms with Crippen molar-refractivity contribution in [1.29, 1.82) is 0 Å². The molecule has 0 aromatic rings. The molecule has 0 saturated carbocycles. The summed E-state index contributed by atoms with van der Waals surface area (Å²) in [5, 5.41) is 0. The molecule has 7 heteroatoms. The Hall–Kier alpha value is -0.0231. The van der Waals surface area contributed by atoms with E-state index in [1.54, 1.807) is 21.3 Å². The largest absolute Gasteiger partial charge is 0.500 e. The smallest absolute Gasteiger partial charge is 0.377 e. The standard InChI is InChI=1S/C12H29NO5Si/c1-6-17-11-13(12-18-7-2)9-8-10-19(14-3,15-4)16-5/h6-12H2,1-5H3. The molecule has 0 rings (SSSR count). The Kier molecular flexibility index (Phi) is 11.8. The quantitative estimate of drug-likeness (QED) is 0.379. The third-order valence-electron chi connectivity index (χ3n) is 2.85. The Morgan fingerprint density at radius 1 is 0.842 bits per heavy atom. The van der Waals surface area contributed by atoms with Crippen LogP contribution in [-0.4, -0.2) is 68.3 Å². The molecule has 19 heavy (non-hydrogen) atoms. The zero-order valence-corrected chi connectivity index (χ0v) is 13.9. The molecule has 0 heterocycles. The minimum absolute atomic E-state index is 0.581. The van der Waals surface area contributed by atoms with Gasteiger partial charge in [0.2, 0.25) is 0 Å². The zero-order valence-electron chi connectivity index (χ0n) is 12.9. The molecule has 0 atom stereocenters. The van der Waals surface area contributed by atoms with Crippen molar-refractivity contribution in [2.75, 3.05) is 54.5 Å². The summed E-state index contributed by atoms with van der Waals surface area (Å²) in [5.74, 6) is 0. The second kappa shape index (κ2) is 11.8. The van der Waals surface area contributed by atoms with E-state index in [0.29, 0.717) is 26.7 Å². The van der Waals surface area contributed by atoms with Gasteiger partial charge in [-0.2, -0.15) is 0 Å². The van der Waals surface area contributed by atoms with E-state index in [4.69, 9.17) is 22.8 Å². The van der Waals surface area contributed by atoms with Crippen molar-refractivity contribution >= 4 is 8.80 Å². The third-order valence-corrected chi connectivity index (χ3v) is 5.68. The summed E-state index contributed by atoms with van der Waals surface area (Å²) < 4.78 is 27.0. The predicted octanol–water partition coefficient (Wildman–Crippen LogP) is 1.54. The first kappa shape index (κ1) is 19.0. The van der Waals surface area contributed by atoms with Gasteiger partial charge < -0.3 is 22.8 Å². The fraction of sp³-hybridized carbons (Fsp3) is 1.00. The monoisotopic (exact) mass is 295 g/mol. The van der Waals surface area contributed by atoms with Crippen LogP contribution >= 0.6 is 0 Å². The highest BCUT2D eigenvalue weighted by Crippen LogP contribution is 2.15. The number of rotatable bonds is 13. The Bertz CT molecular complexity index is 188. The molecule has 0 saturated heterocycles. The molecule has 0 aliphatic rings. The molecule has 0 aliphatic heterocycles. The van der Waals surface area contributed by atoms with E-state index in [1.807, 2.05) is 13.8 Å². The molecule has 0 radical (unpaired) electrons. The SMILES string of the molecule is CCOCN(CCC[Si](OC)(OC)OC)COCC. The van der Waals surface area contributed by atoms with Crippen molar-refractivity contribution in [1.82, 2.24) is 4.90 Å². The second-order valence-corrected chi connectivity index (χ2v) is 7.13. The highest BCUT2D eigenvalue weighted by atomic mass is 28.4. The molecule has 0 unspecified atom stereocenters. The number of nitrogens with zero attached hydrogens (tertiary/aromatic N) is 1. The maximum absolute atomic E-state index is 5.42. The lowest BCUT2D eigenvalue weighted by Gasteiger charge is -2.26. The van der Waals surface area contributed by atoms with Crippen molar-refractivity contribution in [2.24, 2.45) is 0 Å². The van der Waals surface area contributed by atoms with E-state index in [9.17, 15) is 0 Å². The maximum Gasteiger partial charge on any atom is 0.500 e. The van der Waals surface area contributed by atoms with Gasteiger partial charge in [0, 0.05) is 47.1 Å². The van der Waals surface area contributed by atoms with E-state index in [-0.39, 0.29) is 0 Å². The lowest BCUT2D eigenvalue weighted by atomic mass is 10.4. The van der Waals surface area contributed by atoms with Crippen molar-refractivity contribution < 1.29 is 22.8 Å². The van der Waals surface area contributed by atoms with E-state index in [1.165, 1.54) is 0 Å². The highest BCUT2D eigenvalue weighted by molar-refractivity contribution is 6.60. The Morgan fingerprint density at radius 2 is 1.32 bits per heavy atom. The van der Waals surface area contributed by atoms with Crippen molar-refractivity contribution in [2.45, 2.75) is 26.3 Å². The Labute approximate surface area is 118 Å². The van der Waals surface area contributed by atoms with Crippen LogP contribution in [0.25, 0.3) is 0 Å². The lowest BCUT2D eigenvalue weighted by Crippen LogP contribution is -2.43. The van der Waals surface area contributed by atoms with Crippen LogP contribution in [0, 0.1) is 0 Å².